The second kappa shape index (κ2) is 6.39. The molecule has 1 atom stereocenters. The molecule has 0 aliphatic heterocycles. The third-order valence-corrected chi connectivity index (χ3v) is 3.41. The Morgan fingerprint density at radius 2 is 2.17 bits per heavy atom. The molecule has 0 spiro atoms. The van der Waals surface area contributed by atoms with Crippen LogP contribution in [0.3, 0.4) is 0 Å². The Labute approximate surface area is 113 Å². The molecule has 1 rings (SSSR count). The molecule has 0 heterocycles. The molecule has 1 amide bonds. The maximum absolute atomic E-state index is 11.7. The highest BCUT2D eigenvalue weighted by atomic mass is 79.9. The Hall–Kier alpha value is -1.56. The zero-order valence-electron chi connectivity index (χ0n) is 10.1. The van der Waals surface area contributed by atoms with Gasteiger partial charge in [-0.3, -0.25) is 4.79 Å². The smallest absolute Gasteiger partial charge is 0.341 e. The fourth-order valence-corrected chi connectivity index (χ4v) is 1.43. The highest BCUT2D eigenvalue weighted by molar-refractivity contribution is 9.10. The molecule has 0 aliphatic rings. The highest BCUT2D eigenvalue weighted by Crippen LogP contribution is 2.28. The molecule has 1 aromatic carbocycles. The molecule has 0 fully saturated rings. The standard InChI is InChI=1S/C12H14BrNO4/c1-3-8(13)11(16)14-9-6-4-5-7(10(9)15)12(17)18-2/h4-6,8,15H,3H2,1-2H3,(H,14,16). The Kier molecular flexibility index (Phi) is 5.15. The number of amides is 1. The lowest BCUT2D eigenvalue weighted by Crippen LogP contribution is -2.22. The van der Waals surface area contributed by atoms with E-state index in [0.717, 1.165) is 0 Å². The number of para-hydroxylation sites is 1. The van der Waals surface area contributed by atoms with E-state index in [1.54, 1.807) is 6.07 Å². The van der Waals surface area contributed by atoms with Gasteiger partial charge in [-0.25, -0.2) is 4.79 Å². The number of phenols is 1. The van der Waals surface area contributed by atoms with Gasteiger partial charge in [0.25, 0.3) is 0 Å². The molecule has 5 nitrogen and oxygen atoms in total. The number of alkyl halides is 1. The van der Waals surface area contributed by atoms with Gasteiger partial charge in [0.2, 0.25) is 5.91 Å². The van der Waals surface area contributed by atoms with Crippen molar-refractivity contribution in [1.29, 1.82) is 0 Å². The van der Waals surface area contributed by atoms with Gasteiger partial charge in [0.15, 0.2) is 5.75 Å². The summed E-state index contributed by atoms with van der Waals surface area (Å²) >= 11 is 3.20. The summed E-state index contributed by atoms with van der Waals surface area (Å²) in [4.78, 5) is 22.7. The summed E-state index contributed by atoms with van der Waals surface area (Å²) in [6.07, 6.45) is 0.614. The van der Waals surface area contributed by atoms with E-state index in [1.165, 1.54) is 19.2 Å². The number of aromatic hydroxyl groups is 1. The van der Waals surface area contributed by atoms with Crippen molar-refractivity contribution < 1.29 is 19.4 Å². The van der Waals surface area contributed by atoms with Crippen LogP contribution >= 0.6 is 15.9 Å². The molecule has 1 aromatic rings. The number of benzene rings is 1. The van der Waals surface area contributed by atoms with Gasteiger partial charge in [0, 0.05) is 0 Å². The fraction of sp³-hybridized carbons (Fsp3) is 0.333. The summed E-state index contributed by atoms with van der Waals surface area (Å²) in [6.45, 7) is 1.85. The summed E-state index contributed by atoms with van der Waals surface area (Å²) < 4.78 is 4.52. The molecular weight excluding hydrogens is 302 g/mol. The SMILES string of the molecule is CCC(Br)C(=O)Nc1cccc(C(=O)OC)c1O. The third kappa shape index (κ3) is 3.22. The van der Waals surface area contributed by atoms with Crippen LogP contribution in [0.1, 0.15) is 23.7 Å². The number of carbonyl (C=O) groups is 2. The molecule has 1 unspecified atom stereocenters. The molecule has 0 radical (unpaired) electrons. The van der Waals surface area contributed by atoms with Crippen molar-refractivity contribution in [2.45, 2.75) is 18.2 Å². The van der Waals surface area contributed by atoms with E-state index in [0.29, 0.717) is 6.42 Å². The van der Waals surface area contributed by atoms with Crippen LogP contribution in [-0.2, 0) is 9.53 Å². The molecule has 0 aliphatic carbocycles. The molecule has 0 saturated carbocycles. The first-order valence-corrected chi connectivity index (χ1v) is 6.28. The van der Waals surface area contributed by atoms with Gasteiger partial charge >= 0.3 is 5.97 Å². The minimum absolute atomic E-state index is 0.0120. The zero-order valence-corrected chi connectivity index (χ0v) is 11.7. The summed E-state index contributed by atoms with van der Waals surface area (Å²) in [6, 6.07) is 4.48. The third-order valence-electron chi connectivity index (χ3n) is 2.34. The molecule has 6 heteroatoms. The Morgan fingerprint density at radius 3 is 2.72 bits per heavy atom. The molecule has 18 heavy (non-hydrogen) atoms. The van der Waals surface area contributed by atoms with E-state index in [2.05, 4.69) is 26.0 Å². The Balaban J connectivity index is 2.98. The number of rotatable bonds is 4. The largest absolute Gasteiger partial charge is 0.505 e. The number of hydrogen-bond acceptors (Lipinski definition) is 4. The quantitative estimate of drug-likeness (QED) is 0.508. The highest BCUT2D eigenvalue weighted by Gasteiger charge is 2.18. The number of esters is 1. The van der Waals surface area contributed by atoms with Crippen LogP contribution in [0.5, 0.6) is 5.75 Å². The number of anilines is 1. The summed E-state index contributed by atoms with van der Waals surface area (Å²) in [5.41, 5.74) is 0.193. The predicted molar refractivity (Wildman–Crippen MR) is 71.1 cm³/mol. The molecule has 0 bridgehead atoms. The molecule has 98 valence electrons. The lowest BCUT2D eigenvalue weighted by atomic mass is 10.1. The van der Waals surface area contributed by atoms with Crippen molar-refractivity contribution in [3.8, 4) is 5.75 Å². The average molecular weight is 316 g/mol. The normalized spacial score (nSPS) is 11.7. The summed E-state index contributed by atoms with van der Waals surface area (Å²) in [7, 11) is 1.22. The van der Waals surface area contributed by atoms with Gasteiger partial charge in [0.05, 0.1) is 17.6 Å². The fourth-order valence-electron chi connectivity index (χ4n) is 1.32. The van der Waals surface area contributed by atoms with Crippen molar-refractivity contribution in [3.05, 3.63) is 23.8 Å². The van der Waals surface area contributed by atoms with Gasteiger partial charge in [-0.1, -0.05) is 28.9 Å². The first-order chi connectivity index (χ1) is 8.51. The van der Waals surface area contributed by atoms with E-state index in [1.807, 2.05) is 6.92 Å². The van der Waals surface area contributed by atoms with Crippen LogP contribution < -0.4 is 5.32 Å². The number of nitrogens with one attached hydrogen (secondary N) is 1. The minimum Gasteiger partial charge on any atom is -0.505 e. The van der Waals surface area contributed by atoms with Gasteiger partial charge in [-0.2, -0.15) is 0 Å². The monoisotopic (exact) mass is 315 g/mol. The van der Waals surface area contributed by atoms with Gasteiger partial charge < -0.3 is 15.2 Å². The van der Waals surface area contributed by atoms with Gasteiger partial charge in [-0.05, 0) is 18.6 Å². The lowest BCUT2D eigenvalue weighted by molar-refractivity contribution is -0.115. The summed E-state index contributed by atoms with van der Waals surface area (Å²) in [5, 5.41) is 12.4. The molecular formula is C12H14BrNO4. The van der Waals surface area contributed by atoms with Crippen molar-refractivity contribution in [1.82, 2.24) is 0 Å². The second-order valence-electron chi connectivity index (χ2n) is 3.56. The van der Waals surface area contributed by atoms with Crippen molar-refractivity contribution in [3.63, 3.8) is 0 Å². The van der Waals surface area contributed by atoms with Crippen molar-refractivity contribution in [2.24, 2.45) is 0 Å². The number of phenolic OH excluding ortho intramolecular Hbond substituents is 1. The Bertz CT molecular complexity index is 461. The predicted octanol–water partition coefficient (Wildman–Crippen LogP) is 2.29. The van der Waals surface area contributed by atoms with E-state index in [4.69, 9.17) is 0 Å². The average Bonchev–Trinajstić information content (AvgIpc) is 2.39. The van der Waals surface area contributed by atoms with Crippen LogP contribution in [0, 0.1) is 0 Å². The second-order valence-corrected chi connectivity index (χ2v) is 4.66. The van der Waals surface area contributed by atoms with Crippen LogP contribution in [-0.4, -0.2) is 28.9 Å². The van der Waals surface area contributed by atoms with Crippen LogP contribution in [0.2, 0.25) is 0 Å². The molecule has 2 N–H and O–H groups in total. The van der Waals surface area contributed by atoms with E-state index in [-0.39, 0.29) is 27.7 Å². The number of hydrogen-bond donors (Lipinski definition) is 2. The molecule has 0 saturated heterocycles. The minimum atomic E-state index is -0.658. The summed E-state index contributed by atoms with van der Waals surface area (Å²) in [5.74, 6) is -1.24. The first kappa shape index (κ1) is 14.5. The lowest BCUT2D eigenvalue weighted by Gasteiger charge is -2.11. The van der Waals surface area contributed by atoms with E-state index >= 15 is 0 Å². The topological polar surface area (TPSA) is 75.6 Å². The zero-order chi connectivity index (χ0) is 13.7. The van der Waals surface area contributed by atoms with Gasteiger partial charge in [0.1, 0.15) is 5.56 Å². The maximum atomic E-state index is 11.7. The van der Waals surface area contributed by atoms with Gasteiger partial charge in [-0.15, -0.1) is 0 Å². The van der Waals surface area contributed by atoms with Crippen LogP contribution in [0.4, 0.5) is 5.69 Å². The number of halogens is 1. The first-order valence-electron chi connectivity index (χ1n) is 5.36. The number of carbonyl (C=O) groups excluding carboxylic acids is 2. The maximum Gasteiger partial charge on any atom is 0.341 e. The van der Waals surface area contributed by atoms with Crippen LogP contribution in [0.25, 0.3) is 0 Å². The molecule has 0 aromatic heterocycles. The number of methoxy groups -OCH3 is 1. The van der Waals surface area contributed by atoms with E-state index in [9.17, 15) is 14.7 Å². The number of ether oxygens (including phenoxy) is 1. The van der Waals surface area contributed by atoms with Crippen molar-refractivity contribution in [2.75, 3.05) is 12.4 Å². The van der Waals surface area contributed by atoms with Crippen molar-refractivity contribution >= 4 is 33.5 Å². The van der Waals surface area contributed by atoms with Crippen LogP contribution in [0.15, 0.2) is 18.2 Å². The van der Waals surface area contributed by atoms with E-state index < -0.39 is 5.97 Å². The Morgan fingerprint density at radius 1 is 1.50 bits per heavy atom.